The van der Waals surface area contributed by atoms with Crippen molar-refractivity contribution in [1.29, 1.82) is 0 Å². The molecule has 0 heterocycles. The Morgan fingerprint density at radius 3 is 2.00 bits per heavy atom. The van der Waals surface area contributed by atoms with Crippen LogP contribution in [-0.4, -0.2) is 28.8 Å². The van der Waals surface area contributed by atoms with E-state index >= 15 is 0 Å². The normalized spacial score (nSPS) is 10.9. The molecule has 0 unspecified atom stereocenters. The average Bonchev–Trinajstić information content (AvgIpc) is 1.86. The second-order valence-corrected chi connectivity index (χ2v) is 2.51. The summed E-state index contributed by atoms with van der Waals surface area (Å²) in [4.78, 5) is 19.2. The maximum Gasteiger partial charge on any atom is 0.320 e. The number of hydrogen-bond donors (Lipinski definition) is 4. The predicted octanol–water partition coefficient (Wildman–Crippen LogP) is -0.790. The van der Waals surface area contributed by atoms with Crippen molar-refractivity contribution in [2.75, 3.05) is 5.75 Å². The highest BCUT2D eigenvalue weighted by atomic mass is 32.1. The average molecular weight is 194 g/mol. The lowest BCUT2D eigenvalue weighted by molar-refractivity contribution is -0.138. The van der Waals surface area contributed by atoms with Crippen LogP contribution in [0.4, 0.5) is 0 Å². The molecular formula is C6H14N2O3S. The van der Waals surface area contributed by atoms with Gasteiger partial charge in [0.05, 0.1) is 0 Å². The van der Waals surface area contributed by atoms with Crippen molar-refractivity contribution in [3.63, 3.8) is 0 Å². The van der Waals surface area contributed by atoms with E-state index in [0.29, 0.717) is 12.2 Å². The zero-order valence-electron chi connectivity index (χ0n) is 6.86. The number of nitrogens with two attached hydrogens (primary N) is 2. The summed E-state index contributed by atoms with van der Waals surface area (Å²) in [5.41, 5.74) is 9.55. The van der Waals surface area contributed by atoms with Gasteiger partial charge < -0.3 is 16.6 Å². The molecule has 0 aromatic rings. The minimum atomic E-state index is -0.959. The van der Waals surface area contributed by atoms with Gasteiger partial charge in [-0.05, 0) is 12.2 Å². The van der Waals surface area contributed by atoms with Gasteiger partial charge in [0.25, 0.3) is 0 Å². The van der Waals surface area contributed by atoms with Gasteiger partial charge in [0, 0.05) is 6.92 Å². The minimum absolute atomic E-state index is 0.333. The van der Waals surface area contributed by atoms with Gasteiger partial charge in [0.15, 0.2) is 0 Å². The van der Waals surface area contributed by atoms with Gasteiger partial charge in [-0.3, -0.25) is 9.59 Å². The number of carbonyl (C=O) groups is 2. The molecule has 0 rings (SSSR count). The fraction of sp³-hybridized carbons (Fsp3) is 0.667. The van der Waals surface area contributed by atoms with E-state index in [4.69, 9.17) is 10.8 Å². The van der Waals surface area contributed by atoms with Gasteiger partial charge in [0.2, 0.25) is 5.91 Å². The molecule has 1 atom stereocenters. The van der Waals surface area contributed by atoms with Crippen molar-refractivity contribution in [2.45, 2.75) is 19.4 Å². The van der Waals surface area contributed by atoms with Crippen LogP contribution in [0.3, 0.4) is 0 Å². The van der Waals surface area contributed by atoms with Crippen molar-refractivity contribution in [3.8, 4) is 0 Å². The Morgan fingerprint density at radius 1 is 1.58 bits per heavy atom. The molecular weight excluding hydrogens is 180 g/mol. The van der Waals surface area contributed by atoms with Gasteiger partial charge in [-0.2, -0.15) is 12.6 Å². The number of hydrogen-bond acceptors (Lipinski definition) is 4. The number of carboxylic acids is 1. The van der Waals surface area contributed by atoms with Crippen molar-refractivity contribution in [2.24, 2.45) is 11.5 Å². The Morgan fingerprint density at radius 2 is 1.92 bits per heavy atom. The molecule has 0 saturated carbocycles. The van der Waals surface area contributed by atoms with Crippen LogP contribution in [0.5, 0.6) is 0 Å². The molecule has 12 heavy (non-hydrogen) atoms. The zero-order chi connectivity index (χ0) is 10.1. The van der Waals surface area contributed by atoms with Crippen molar-refractivity contribution in [3.05, 3.63) is 0 Å². The Hall–Kier alpha value is -0.750. The minimum Gasteiger partial charge on any atom is -0.480 e. The third-order valence-electron chi connectivity index (χ3n) is 0.757. The van der Waals surface area contributed by atoms with Crippen molar-refractivity contribution in [1.82, 2.24) is 0 Å². The lowest BCUT2D eigenvalue weighted by Gasteiger charge is -2.00. The molecule has 6 heteroatoms. The maximum atomic E-state index is 9.93. The monoisotopic (exact) mass is 194 g/mol. The number of rotatable bonds is 3. The maximum absolute atomic E-state index is 9.93. The van der Waals surface area contributed by atoms with E-state index < -0.39 is 12.0 Å². The number of carboxylic acid groups (broad SMARTS) is 1. The van der Waals surface area contributed by atoms with Crippen LogP contribution < -0.4 is 11.5 Å². The van der Waals surface area contributed by atoms with E-state index in [2.05, 4.69) is 18.4 Å². The molecule has 0 aromatic heterocycles. The first-order valence-corrected chi connectivity index (χ1v) is 3.90. The molecule has 72 valence electrons. The van der Waals surface area contributed by atoms with Crippen LogP contribution in [0.25, 0.3) is 0 Å². The molecule has 0 aliphatic rings. The van der Waals surface area contributed by atoms with Crippen LogP contribution >= 0.6 is 12.6 Å². The highest BCUT2D eigenvalue weighted by molar-refractivity contribution is 7.80. The Kier molecular flexibility index (Phi) is 9.61. The summed E-state index contributed by atoms with van der Waals surface area (Å²) in [6, 6.07) is -0.743. The molecule has 0 fully saturated rings. The second-order valence-electron chi connectivity index (χ2n) is 2.07. The number of amides is 1. The SMILES string of the molecule is CC(N)=O.N[C@@H](CCS)C(=O)O. The fourth-order valence-corrected chi connectivity index (χ4v) is 0.541. The van der Waals surface area contributed by atoms with E-state index in [0.717, 1.165) is 0 Å². The standard InChI is InChI=1S/C4H9NO2S.C2H5NO/c5-3(1-2-8)4(6)7;1-2(3)4/h3,8H,1-2,5H2,(H,6,7);1H3,(H2,3,4)/t3-;/m0./s1. The summed E-state index contributed by atoms with van der Waals surface area (Å²) >= 11 is 3.81. The summed E-state index contributed by atoms with van der Waals surface area (Å²) in [6.07, 6.45) is 0.429. The summed E-state index contributed by atoms with van der Waals surface area (Å²) in [5, 5.41) is 8.15. The number of carbonyl (C=O) groups excluding carboxylic acids is 1. The third-order valence-corrected chi connectivity index (χ3v) is 1.02. The predicted molar refractivity (Wildman–Crippen MR) is 48.9 cm³/mol. The lowest BCUT2D eigenvalue weighted by atomic mass is 10.2. The topological polar surface area (TPSA) is 106 Å². The summed E-state index contributed by atoms with van der Waals surface area (Å²) in [5.74, 6) is -0.771. The highest BCUT2D eigenvalue weighted by Gasteiger charge is 2.08. The quantitative estimate of drug-likeness (QED) is 0.442. The van der Waals surface area contributed by atoms with Crippen LogP contribution in [-0.2, 0) is 9.59 Å². The van der Waals surface area contributed by atoms with E-state index in [-0.39, 0.29) is 5.91 Å². The molecule has 5 N–H and O–H groups in total. The van der Waals surface area contributed by atoms with Crippen LogP contribution in [0.1, 0.15) is 13.3 Å². The van der Waals surface area contributed by atoms with Gasteiger partial charge in [-0.25, -0.2) is 0 Å². The number of thiol groups is 1. The van der Waals surface area contributed by atoms with Gasteiger partial charge in [-0.1, -0.05) is 0 Å². The molecule has 0 radical (unpaired) electrons. The van der Waals surface area contributed by atoms with Gasteiger partial charge >= 0.3 is 5.97 Å². The second kappa shape index (κ2) is 8.35. The zero-order valence-corrected chi connectivity index (χ0v) is 7.75. The summed E-state index contributed by atoms with van der Waals surface area (Å²) in [6.45, 7) is 1.31. The molecule has 5 nitrogen and oxygen atoms in total. The Bertz CT molecular complexity index is 148. The third kappa shape index (κ3) is 16.1. The Balaban J connectivity index is 0. The van der Waals surface area contributed by atoms with Gasteiger partial charge in [-0.15, -0.1) is 0 Å². The van der Waals surface area contributed by atoms with Crippen molar-refractivity contribution < 1.29 is 14.7 Å². The van der Waals surface area contributed by atoms with E-state index in [9.17, 15) is 9.59 Å². The van der Waals surface area contributed by atoms with E-state index in [1.165, 1.54) is 6.92 Å². The van der Waals surface area contributed by atoms with E-state index in [1.54, 1.807) is 0 Å². The molecule has 0 aliphatic carbocycles. The smallest absolute Gasteiger partial charge is 0.320 e. The largest absolute Gasteiger partial charge is 0.480 e. The lowest BCUT2D eigenvalue weighted by Crippen LogP contribution is -2.30. The molecule has 1 amide bonds. The number of primary amides is 1. The molecule has 0 aromatic carbocycles. The molecule has 0 saturated heterocycles. The molecule has 0 aliphatic heterocycles. The molecule has 0 bridgehead atoms. The van der Waals surface area contributed by atoms with Crippen LogP contribution in [0.15, 0.2) is 0 Å². The highest BCUT2D eigenvalue weighted by Crippen LogP contribution is 1.88. The first kappa shape index (κ1) is 13.8. The summed E-state index contributed by atoms with van der Waals surface area (Å²) in [7, 11) is 0. The van der Waals surface area contributed by atoms with Crippen LogP contribution in [0, 0.1) is 0 Å². The van der Waals surface area contributed by atoms with Crippen molar-refractivity contribution >= 4 is 24.5 Å². The Labute approximate surface area is 76.5 Å². The van der Waals surface area contributed by atoms with Gasteiger partial charge in [0.1, 0.15) is 6.04 Å². The summed E-state index contributed by atoms with van der Waals surface area (Å²) < 4.78 is 0. The van der Waals surface area contributed by atoms with Crippen LogP contribution in [0.2, 0.25) is 0 Å². The number of aliphatic carboxylic acids is 1. The van der Waals surface area contributed by atoms with E-state index in [1.807, 2.05) is 0 Å². The first-order valence-electron chi connectivity index (χ1n) is 3.27. The molecule has 0 spiro atoms. The fourth-order valence-electron chi connectivity index (χ4n) is 0.263. The first-order chi connectivity index (χ1) is 5.41.